The van der Waals surface area contributed by atoms with Gasteiger partial charge < -0.3 is 9.47 Å². The van der Waals surface area contributed by atoms with Crippen LogP contribution < -0.4 is 9.47 Å². The lowest BCUT2D eigenvalue weighted by Crippen LogP contribution is -2.16. The average Bonchev–Trinajstić information content (AvgIpc) is 2.80. The standard InChI is InChI=1S/C20H15Cl3N2O6S2/c1-30-12-3-7-14(8-4-12)32(26,27)24-17-11-16(21)20(19(23)18(17)22)25-33(28,29)15-9-5-13(31-2)6-10-15/h3-11H,1-2H3. The molecule has 0 fully saturated rings. The summed E-state index contributed by atoms with van der Waals surface area (Å²) in [5.41, 5.74) is -0.622. The highest BCUT2D eigenvalue weighted by molar-refractivity contribution is 7.90. The first-order valence-corrected chi connectivity index (χ1v) is 12.9. The summed E-state index contributed by atoms with van der Waals surface area (Å²) in [7, 11) is -5.52. The van der Waals surface area contributed by atoms with Crippen LogP contribution in [-0.4, -0.2) is 42.5 Å². The van der Waals surface area contributed by atoms with E-state index in [4.69, 9.17) is 44.3 Å². The highest BCUT2D eigenvalue weighted by atomic mass is 35.5. The van der Waals surface area contributed by atoms with Crippen molar-refractivity contribution in [3.05, 3.63) is 69.7 Å². The Morgan fingerprint density at radius 2 is 1.09 bits per heavy atom. The molecule has 0 unspecified atom stereocenters. The number of hydrogen-bond acceptors (Lipinski definition) is 6. The molecule has 2 aromatic rings. The Balaban J connectivity index is 2.00. The zero-order valence-electron chi connectivity index (χ0n) is 17.0. The molecule has 0 spiro atoms. The van der Waals surface area contributed by atoms with Gasteiger partial charge in [0, 0.05) is 0 Å². The van der Waals surface area contributed by atoms with Gasteiger partial charge in [0.15, 0.2) is 0 Å². The summed E-state index contributed by atoms with van der Waals surface area (Å²) in [4.78, 5) is -0.259. The minimum Gasteiger partial charge on any atom is -0.497 e. The monoisotopic (exact) mass is 548 g/mol. The second kappa shape index (κ2) is 9.86. The third-order valence-electron chi connectivity index (χ3n) is 4.26. The highest BCUT2D eigenvalue weighted by Crippen LogP contribution is 2.31. The van der Waals surface area contributed by atoms with Crippen LogP contribution in [-0.2, 0) is 20.0 Å². The number of allylic oxidation sites excluding steroid dienone is 4. The van der Waals surface area contributed by atoms with Gasteiger partial charge >= 0.3 is 0 Å². The van der Waals surface area contributed by atoms with E-state index in [-0.39, 0.29) is 36.3 Å². The van der Waals surface area contributed by atoms with Crippen molar-refractivity contribution in [2.24, 2.45) is 8.80 Å². The van der Waals surface area contributed by atoms with Crippen LogP contribution in [0, 0.1) is 0 Å². The summed E-state index contributed by atoms with van der Waals surface area (Å²) in [6.07, 6.45) is 1.07. The lowest BCUT2D eigenvalue weighted by Gasteiger charge is -2.14. The van der Waals surface area contributed by atoms with Crippen LogP contribution in [0.25, 0.3) is 0 Å². The number of rotatable bonds is 6. The van der Waals surface area contributed by atoms with Crippen molar-refractivity contribution >= 4 is 66.3 Å². The molecule has 0 aliphatic heterocycles. The normalized spacial score (nSPS) is 17.3. The van der Waals surface area contributed by atoms with E-state index in [0.717, 1.165) is 6.08 Å². The van der Waals surface area contributed by atoms with Gasteiger partial charge in [-0.15, -0.1) is 0 Å². The molecule has 0 radical (unpaired) electrons. The quantitative estimate of drug-likeness (QED) is 0.491. The molecular weight excluding hydrogens is 535 g/mol. The van der Waals surface area contributed by atoms with Crippen LogP contribution >= 0.6 is 34.8 Å². The molecule has 33 heavy (non-hydrogen) atoms. The molecule has 0 amide bonds. The highest BCUT2D eigenvalue weighted by Gasteiger charge is 2.27. The van der Waals surface area contributed by atoms with Gasteiger partial charge in [-0.05, 0) is 54.6 Å². The van der Waals surface area contributed by atoms with Crippen LogP contribution in [0.5, 0.6) is 11.5 Å². The summed E-state index contributed by atoms with van der Waals surface area (Å²) in [6, 6.07) is 11.0. The van der Waals surface area contributed by atoms with Gasteiger partial charge in [0.25, 0.3) is 20.0 Å². The van der Waals surface area contributed by atoms with Gasteiger partial charge in [-0.1, -0.05) is 34.8 Å². The first kappa shape index (κ1) is 25.3. The molecule has 3 rings (SSSR count). The predicted molar refractivity (Wildman–Crippen MR) is 128 cm³/mol. The second-order valence-corrected chi connectivity index (χ2v) is 10.7. The second-order valence-electron chi connectivity index (χ2n) is 6.34. The molecule has 1 aliphatic carbocycles. The molecule has 0 aromatic heterocycles. The van der Waals surface area contributed by atoms with Gasteiger partial charge in [0.05, 0.1) is 44.8 Å². The van der Waals surface area contributed by atoms with Crippen molar-refractivity contribution in [1.29, 1.82) is 0 Å². The van der Waals surface area contributed by atoms with E-state index < -0.39 is 20.0 Å². The smallest absolute Gasteiger partial charge is 0.282 e. The lowest BCUT2D eigenvalue weighted by atomic mass is 10.1. The van der Waals surface area contributed by atoms with Crippen molar-refractivity contribution in [2.45, 2.75) is 9.79 Å². The fourth-order valence-corrected chi connectivity index (χ4v) is 5.44. The first-order valence-electron chi connectivity index (χ1n) is 8.90. The summed E-state index contributed by atoms with van der Waals surface area (Å²) < 4.78 is 68.0. The minimum absolute atomic E-state index is 0.123. The summed E-state index contributed by atoms with van der Waals surface area (Å²) >= 11 is 18.5. The lowest BCUT2D eigenvalue weighted by molar-refractivity contribution is 0.414. The molecule has 1 aliphatic rings. The molecule has 0 N–H and O–H groups in total. The first-order chi connectivity index (χ1) is 15.5. The maximum atomic E-state index is 12.7. The molecular formula is C20H15Cl3N2O6S2. The molecule has 0 atom stereocenters. The Labute approximate surface area is 205 Å². The van der Waals surface area contributed by atoms with E-state index in [2.05, 4.69) is 8.80 Å². The van der Waals surface area contributed by atoms with Crippen LogP contribution in [0.15, 0.2) is 88.3 Å². The Hall–Kier alpha value is -2.37. The van der Waals surface area contributed by atoms with Gasteiger partial charge in [0.2, 0.25) is 0 Å². The maximum Gasteiger partial charge on any atom is 0.282 e. The molecule has 2 aromatic carbocycles. The predicted octanol–water partition coefficient (Wildman–Crippen LogP) is 4.49. The van der Waals surface area contributed by atoms with Crippen LogP contribution in [0.2, 0.25) is 0 Å². The third-order valence-corrected chi connectivity index (χ3v) is 7.99. The van der Waals surface area contributed by atoms with Gasteiger partial charge in [-0.3, -0.25) is 0 Å². The number of hydrogen-bond donors (Lipinski definition) is 0. The van der Waals surface area contributed by atoms with E-state index in [0.29, 0.717) is 11.5 Å². The topological polar surface area (TPSA) is 111 Å². The average molecular weight is 550 g/mol. The van der Waals surface area contributed by atoms with E-state index in [1.54, 1.807) is 0 Å². The van der Waals surface area contributed by atoms with E-state index >= 15 is 0 Å². The molecule has 0 saturated carbocycles. The van der Waals surface area contributed by atoms with E-state index in [1.165, 1.54) is 62.8 Å². The molecule has 174 valence electrons. The van der Waals surface area contributed by atoms with Crippen LogP contribution in [0.1, 0.15) is 0 Å². The fourth-order valence-electron chi connectivity index (χ4n) is 2.57. The number of ether oxygens (including phenoxy) is 2. The fraction of sp³-hybridized carbons (Fsp3) is 0.100. The maximum absolute atomic E-state index is 12.7. The molecule has 0 bridgehead atoms. The summed E-state index contributed by atoms with van der Waals surface area (Å²) in [5.74, 6) is 0.916. The number of methoxy groups -OCH3 is 2. The van der Waals surface area contributed by atoms with Gasteiger partial charge in [-0.25, -0.2) is 0 Å². The Kier molecular flexibility index (Phi) is 7.55. The molecule has 0 saturated heterocycles. The van der Waals surface area contributed by atoms with Crippen molar-refractivity contribution in [3.8, 4) is 11.5 Å². The van der Waals surface area contributed by atoms with Gasteiger partial charge in [0.1, 0.15) is 17.2 Å². The van der Waals surface area contributed by atoms with Crippen molar-refractivity contribution < 1.29 is 26.3 Å². The molecule has 13 heteroatoms. The number of benzene rings is 2. The SMILES string of the molecule is COc1ccc(S(=O)(=O)N=C2C=C(Cl)C(=NS(=O)(=O)c3ccc(OC)cc3)C(Cl)=C2Cl)cc1. The molecule has 0 heterocycles. The van der Waals surface area contributed by atoms with Crippen molar-refractivity contribution in [1.82, 2.24) is 0 Å². The number of halogens is 3. The van der Waals surface area contributed by atoms with Crippen LogP contribution in [0.3, 0.4) is 0 Å². The summed E-state index contributed by atoms with van der Waals surface area (Å²) in [6.45, 7) is 0. The number of sulfonamides is 2. The Morgan fingerprint density at radius 1 is 0.667 bits per heavy atom. The minimum atomic E-state index is -4.22. The van der Waals surface area contributed by atoms with Crippen LogP contribution in [0.4, 0.5) is 0 Å². The zero-order valence-corrected chi connectivity index (χ0v) is 20.9. The summed E-state index contributed by atoms with van der Waals surface area (Å²) in [5, 5.41) is -0.961. The van der Waals surface area contributed by atoms with E-state index in [9.17, 15) is 16.8 Å². The van der Waals surface area contributed by atoms with E-state index in [1.807, 2.05) is 0 Å². The largest absolute Gasteiger partial charge is 0.497 e. The Bertz CT molecular complexity index is 1410. The van der Waals surface area contributed by atoms with Crippen molar-refractivity contribution in [2.75, 3.05) is 14.2 Å². The van der Waals surface area contributed by atoms with Gasteiger partial charge in [-0.2, -0.15) is 25.6 Å². The van der Waals surface area contributed by atoms with Crippen molar-refractivity contribution in [3.63, 3.8) is 0 Å². The molecule has 8 nitrogen and oxygen atoms in total. The number of nitrogens with zero attached hydrogens (tertiary/aromatic N) is 2. The Morgan fingerprint density at radius 3 is 1.52 bits per heavy atom. The zero-order chi connectivity index (χ0) is 24.4. The third kappa shape index (κ3) is 5.59.